The van der Waals surface area contributed by atoms with Crippen LogP contribution in [0.4, 0.5) is 13.2 Å². The molecule has 0 bridgehead atoms. The van der Waals surface area contributed by atoms with E-state index in [0.29, 0.717) is 6.61 Å². The summed E-state index contributed by atoms with van der Waals surface area (Å²) in [4.78, 5) is 12.3. The van der Waals surface area contributed by atoms with Gasteiger partial charge in [0.25, 0.3) is 0 Å². The zero-order chi connectivity index (χ0) is 14.3. The maximum Gasteiger partial charge on any atom is 0.406 e. The van der Waals surface area contributed by atoms with E-state index >= 15 is 0 Å². The van der Waals surface area contributed by atoms with Crippen molar-refractivity contribution in [3.05, 3.63) is 0 Å². The lowest BCUT2D eigenvalue weighted by Gasteiger charge is -2.22. The normalized spacial score (nSPS) is 19.7. The Morgan fingerprint density at radius 3 is 2.74 bits per heavy atom. The predicted octanol–water partition coefficient (Wildman–Crippen LogP) is 1.98. The monoisotopic (exact) mass is 283 g/mol. The lowest BCUT2D eigenvalue weighted by atomic mass is 10.2. The summed E-state index contributed by atoms with van der Waals surface area (Å²) >= 11 is 0. The smallest absolute Gasteiger partial charge is 0.378 e. The van der Waals surface area contributed by atoms with Gasteiger partial charge in [-0.15, -0.1) is 0 Å². The van der Waals surface area contributed by atoms with Crippen LogP contribution in [0.15, 0.2) is 0 Å². The zero-order valence-electron chi connectivity index (χ0n) is 11.0. The van der Waals surface area contributed by atoms with E-state index in [-0.39, 0.29) is 25.7 Å². The fourth-order valence-corrected chi connectivity index (χ4v) is 1.90. The Kier molecular flexibility index (Phi) is 6.57. The van der Waals surface area contributed by atoms with Crippen LogP contribution in [0.5, 0.6) is 0 Å². The molecule has 1 heterocycles. The first-order chi connectivity index (χ1) is 8.92. The Bertz CT molecular complexity index is 278. The van der Waals surface area contributed by atoms with Gasteiger partial charge in [0.05, 0.1) is 25.7 Å². The number of ether oxygens (including phenoxy) is 2. The molecule has 1 rings (SSSR count). The standard InChI is InChI=1S/C12H20F3NO3/c1-2-16(9-12(13,14)15)11(17)5-7-18-8-10-4-3-6-19-10/h10H,2-9H2,1H3. The van der Waals surface area contributed by atoms with Crippen LogP contribution in [0.2, 0.25) is 0 Å². The first kappa shape index (κ1) is 16.2. The molecule has 1 unspecified atom stereocenters. The summed E-state index contributed by atoms with van der Waals surface area (Å²) in [7, 11) is 0. The van der Waals surface area contributed by atoms with Gasteiger partial charge in [0.1, 0.15) is 6.54 Å². The third-order valence-corrected chi connectivity index (χ3v) is 2.89. The van der Waals surface area contributed by atoms with Crippen LogP contribution in [0.1, 0.15) is 26.2 Å². The Morgan fingerprint density at radius 2 is 2.21 bits per heavy atom. The zero-order valence-corrected chi connectivity index (χ0v) is 11.0. The molecule has 1 fully saturated rings. The van der Waals surface area contributed by atoms with Gasteiger partial charge in [-0.1, -0.05) is 0 Å². The quantitative estimate of drug-likeness (QED) is 0.671. The van der Waals surface area contributed by atoms with Gasteiger partial charge in [-0.25, -0.2) is 0 Å². The predicted molar refractivity (Wildman–Crippen MR) is 62.7 cm³/mol. The van der Waals surface area contributed by atoms with E-state index in [4.69, 9.17) is 9.47 Å². The number of halogens is 3. The van der Waals surface area contributed by atoms with Crippen molar-refractivity contribution in [2.75, 3.05) is 32.9 Å². The summed E-state index contributed by atoms with van der Waals surface area (Å²) < 4.78 is 47.2. The molecule has 19 heavy (non-hydrogen) atoms. The second kappa shape index (κ2) is 7.69. The summed E-state index contributed by atoms with van der Waals surface area (Å²) in [5, 5.41) is 0. The van der Waals surface area contributed by atoms with E-state index < -0.39 is 18.6 Å². The van der Waals surface area contributed by atoms with Gasteiger partial charge < -0.3 is 14.4 Å². The van der Waals surface area contributed by atoms with Crippen LogP contribution in [-0.4, -0.2) is 56.0 Å². The Morgan fingerprint density at radius 1 is 1.47 bits per heavy atom. The number of nitrogens with zero attached hydrogens (tertiary/aromatic N) is 1. The molecule has 4 nitrogen and oxygen atoms in total. The van der Waals surface area contributed by atoms with Crippen molar-refractivity contribution in [1.82, 2.24) is 4.90 Å². The highest BCUT2D eigenvalue weighted by atomic mass is 19.4. The summed E-state index contributed by atoms with van der Waals surface area (Å²) in [5.74, 6) is -0.535. The third-order valence-electron chi connectivity index (χ3n) is 2.89. The van der Waals surface area contributed by atoms with Crippen LogP contribution < -0.4 is 0 Å². The van der Waals surface area contributed by atoms with Gasteiger partial charge in [-0.05, 0) is 19.8 Å². The van der Waals surface area contributed by atoms with Gasteiger partial charge in [0.15, 0.2) is 0 Å². The Labute approximate surface area is 110 Å². The molecule has 0 N–H and O–H groups in total. The molecule has 1 amide bonds. The molecule has 0 spiro atoms. The van der Waals surface area contributed by atoms with Gasteiger partial charge in [-0.2, -0.15) is 13.2 Å². The molecule has 1 saturated heterocycles. The molecule has 1 aliphatic rings. The van der Waals surface area contributed by atoms with Gasteiger partial charge in [0.2, 0.25) is 5.91 Å². The van der Waals surface area contributed by atoms with Gasteiger partial charge in [-0.3, -0.25) is 4.79 Å². The maximum atomic E-state index is 12.2. The number of carbonyl (C=O) groups excluding carboxylic acids is 1. The van der Waals surface area contributed by atoms with Crippen LogP contribution in [0.3, 0.4) is 0 Å². The SMILES string of the molecule is CCN(CC(F)(F)F)C(=O)CCOCC1CCCO1. The lowest BCUT2D eigenvalue weighted by Crippen LogP contribution is -2.39. The van der Waals surface area contributed by atoms with Crippen LogP contribution >= 0.6 is 0 Å². The van der Waals surface area contributed by atoms with E-state index in [9.17, 15) is 18.0 Å². The van der Waals surface area contributed by atoms with Gasteiger partial charge >= 0.3 is 6.18 Å². The molecule has 7 heteroatoms. The maximum absolute atomic E-state index is 12.2. The highest BCUT2D eigenvalue weighted by Gasteiger charge is 2.32. The third kappa shape index (κ3) is 6.77. The van der Waals surface area contributed by atoms with Crippen molar-refractivity contribution < 1.29 is 27.4 Å². The summed E-state index contributed by atoms with van der Waals surface area (Å²) in [6, 6.07) is 0. The highest BCUT2D eigenvalue weighted by Crippen LogP contribution is 2.17. The number of rotatable bonds is 7. The molecular formula is C12H20F3NO3. The number of hydrogen-bond donors (Lipinski definition) is 0. The first-order valence-corrected chi connectivity index (χ1v) is 6.46. The number of alkyl halides is 3. The van der Waals surface area contributed by atoms with E-state index in [1.165, 1.54) is 6.92 Å². The largest absolute Gasteiger partial charge is 0.406 e. The molecule has 0 aromatic carbocycles. The molecule has 0 radical (unpaired) electrons. The average molecular weight is 283 g/mol. The topological polar surface area (TPSA) is 38.8 Å². The molecule has 112 valence electrons. The highest BCUT2D eigenvalue weighted by molar-refractivity contribution is 5.76. The minimum Gasteiger partial charge on any atom is -0.378 e. The van der Waals surface area contributed by atoms with Crippen molar-refractivity contribution in [2.45, 2.75) is 38.5 Å². The summed E-state index contributed by atoms with van der Waals surface area (Å²) in [6.07, 6.45) is -2.39. The minimum atomic E-state index is -4.36. The molecule has 1 aliphatic heterocycles. The number of hydrogen-bond acceptors (Lipinski definition) is 3. The van der Waals surface area contributed by atoms with Crippen molar-refractivity contribution in [1.29, 1.82) is 0 Å². The van der Waals surface area contributed by atoms with Crippen LogP contribution in [0, 0.1) is 0 Å². The second-order valence-corrected chi connectivity index (χ2v) is 4.48. The molecule has 0 aromatic heterocycles. The summed E-state index contributed by atoms with van der Waals surface area (Å²) in [6.45, 7) is 1.63. The average Bonchev–Trinajstić information content (AvgIpc) is 2.83. The first-order valence-electron chi connectivity index (χ1n) is 6.46. The van der Waals surface area contributed by atoms with Crippen LogP contribution in [-0.2, 0) is 14.3 Å². The fraction of sp³-hybridized carbons (Fsp3) is 0.917. The van der Waals surface area contributed by atoms with Crippen molar-refractivity contribution >= 4 is 5.91 Å². The van der Waals surface area contributed by atoms with Crippen molar-refractivity contribution in [3.63, 3.8) is 0 Å². The number of carbonyl (C=O) groups is 1. The van der Waals surface area contributed by atoms with Crippen LogP contribution in [0.25, 0.3) is 0 Å². The van der Waals surface area contributed by atoms with E-state index in [1.807, 2.05) is 0 Å². The Balaban J connectivity index is 2.17. The molecule has 0 saturated carbocycles. The molecule has 1 atom stereocenters. The van der Waals surface area contributed by atoms with Gasteiger partial charge in [0, 0.05) is 13.2 Å². The second-order valence-electron chi connectivity index (χ2n) is 4.48. The molecular weight excluding hydrogens is 263 g/mol. The molecule has 0 aliphatic carbocycles. The minimum absolute atomic E-state index is 0.0311. The van der Waals surface area contributed by atoms with Crippen molar-refractivity contribution in [3.8, 4) is 0 Å². The number of amides is 1. The molecule has 0 aromatic rings. The fourth-order valence-electron chi connectivity index (χ4n) is 1.90. The Hall–Kier alpha value is -0.820. The summed E-state index contributed by atoms with van der Waals surface area (Å²) in [5.41, 5.74) is 0. The van der Waals surface area contributed by atoms with E-state index in [1.54, 1.807) is 0 Å². The van der Waals surface area contributed by atoms with Crippen molar-refractivity contribution in [2.24, 2.45) is 0 Å². The van der Waals surface area contributed by atoms with E-state index in [2.05, 4.69) is 0 Å². The van der Waals surface area contributed by atoms with E-state index in [0.717, 1.165) is 24.3 Å². The lowest BCUT2D eigenvalue weighted by molar-refractivity contribution is -0.161.